The van der Waals surface area contributed by atoms with Crippen LogP contribution in [-0.4, -0.2) is 27.9 Å². The van der Waals surface area contributed by atoms with Crippen molar-refractivity contribution < 1.29 is 19.6 Å². The van der Waals surface area contributed by atoms with Gasteiger partial charge >= 0.3 is 5.97 Å². The van der Waals surface area contributed by atoms with Crippen LogP contribution in [-0.2, 0) is 11.2 Å². The van der Waals surface area contributed by atoms with Crippen molar-refractivity contribution in [3.63, 3.8) is 0 Å². The Kier molecular flexibility index (Phi) is 5.40. The van der Waals surface area contributed by atoms with Gasteiger partial charge in [0.15, 0.2) is 0 Å². The number of carboxylic acid groups (broad SMARTS) is 1. The van der Waals surface area contributed by atoms with Crippen LogP contribution in [0, 0.1) is 16.0 Å². The van der Waals surface area contributed by atoms with Crippen LogP contribution in [0.15, 0.2) is 18.2 Å². The van der Waals surface area contributed by atoms with Crippen molar-refractivity contribution in [1.82, 2.24) is 5.32 Å². The summed E-state index contributed by atoms with van der Waals surface area (Å²) in [6.45, 7) is 5.12. The van der Waals surface area contributed by atoms with Gasteiger partial charge in [0.2, 0.25) is 0 Å². The largest absolute Gasteiger partial charge is 0.480 e. The zero-order chi connectivity index (χ0) is 16.2. The maximum absolute atomic E-state index is 12.0. The van der Waals surface area contributed by atoms with Crippen LogP contribution < -0.4 is 5.32 Å². The number of rotatable bonds is 6. The van der Waals surface area contributed by atoms with Crippen LogP contribution in [0.25, 0.3) is 0 Å². The predicted octanol–water partition coefficient (Wildman–Crippen LogP) is 2.00. The number of aryl methyl sites for hydroxylation is 1. The maximum Gasteiger partial charge on any atom is 0.326 e. The topological polar surface area (TPSA) is 110 Å². The third kappa shape index (κ3) is 4.01. The van der Waals surface area contributed by atoms with Gasteiger partial charge in [-0.1, -0.05) is 26.8 Å². The van der Waals surface area contributed by atoms with Gasteiger partial charge in [-0.15, -0.1) is 0 Å². The summed E-state index contributed by atoms with van der Waals surface area (Å²) in [7, 11) is 0. The smallest absolute Gasteiger partial charge is 0.326 e. The third-order valence-electron chi connectivity index (χ3n) is 3.14. The van der Waals surface area contributed by atoms with E-state index in [1.54, 1.807) is 20.8 Å². The molecule has 0 aromatic heterocycles. The fraction of sp³-hybridized carbons (Fsp3) is 0.429. The molecule has 21 heavy (non-hydrogen) atoms. The van der Waals surface area contributed by atoms with Crippen molar-refractivity contribution in [3.05, 3.63) is 39.4 Å². The molecule has 0 radical (unpaired) electrons. The molecule has 0 spiro atoms. The highest BCUT2D eigenvalue weighted by Crippen LogP contribution is 2.21. The Morgan fingerprint density at radius 3 is 2.43 bits per heavy atom. The first kappa shape index (κ1) is 16.6. The van der Waals surface area contributed by atoms with E-state index in [2.05, 4.69) is 5.32 Å². The molecule has 114 valence electrons. The highest BCUT2D eigenvalue weighted by atomic mass is 16.6. The molecule has 0 saturated carbocycles. The van der Waals surface area contributed by atoms with Gasteiger partial charge in [0, 0.05) is 17.2 Å². The van der Waals surface area contributed by atoms with Crippen molar-refractivity contribution in [1.29, 1.82) is 0 Å². The summed E-state index contributed by atoms with van der Waals surface area (Å²) in [5, 5.41) is 22.4. The number of nitrogens with zero attached hydrogens (tertiary/aromatic N) is 1. The third-order valence-corrected chi connectivity index (χ3v) is 3.14. The van der Waals surface area contributed by atoms with E-state index in [4.69, 9.17) is 5.11 Å². The van der Waals surface area contributed by atoms with E-state index in [0.29, 0.717) is 12.0 Å². The van der Waals surface area contributed by atoms with Gasteiger partial charge in [-0.05, 0) is 18.4 Å². The number of carbonyl (C=O) groups excluding carboxylic acids is 1. The molecule has 0 heterocycles. The second-order valence-electron chi connectivity index (χ2n) is 4.99. The fourth-order valence-electron chi connectivity index (χ4n) is 1.91. The summed E-state index contributed by atoms with van der Waals surface area (Å²) in [5.41, 5.74) is 0.461. The molecule has 0 bridgehead atoms. The zero-order valence-corrected chi connectivity index (χ0v) is 12.1. The van der Waals surface area contributed by atoms with Crippen molar-refractivity contribution in [2.45, 2.75) is 33.2 Å². The Balaban J connectivity index is 3.05. The van der Waals surface area contributed by atoms with Crippen LogP contribution in [0.3, 0.4) is 0 Å². The lowest BCUT2D eigenvalue weighted by Crippen LogP contribution is -2.44. The van der Waals surface area contributed by atoms with Crippen molar-refractivity contribution >= 4 is 17.6 Å². The SMILES string of the molecule is CCc1ccc(C(=O)N[C@H](C(=O)O)C(C)C)cc1[N+](=O)[O-]. The average Bonchev–Trinajstić information content (AvgIpc) is 2.42. The summed E-state index contributed by atoms with van der Waals surface area (Å²) < 4.78 is 0. The normalized spacial score (nSPS) is 12.0. The minimum absolute atomic E-state index is 0.0748. The number of nitrogens with one attached hydrogen (secondary N) is 1. The van der Waals surface area contributed by atoms with Crippen LogP contribution in [0.2, 0.25) is 0 Å². The van der Waals surface area contributed by atoms with E-state index in [0.717, 1.165) is 0 Å². The molecule has 1 amide bonds. The number of amides is 1. The highest BCUT2D eigenvalue weighted by molar-refractivity contribution is 5.97. The first-order valence-corrected chi connectivity index (χ1v) is 6.58. The molecule has 1 aromatic rings. The second kappa shape index (κ2) is 6.83. The number of nitro benzene ring substituents is 1. The molecular weight excluding hydrogens is 276 g/mol. The molecule has 1 atom stereocenters. The molecule has 0 saturated heterocycles. The Labute approximate surface area is 122 Å². The van der Waals surface area contributed by atoms with E-state index in [-0.39, 0.29) is 17.2 Å². The van der Waals surface area contributed by atoms with Crippen LogP contribution in [0.1, 0.15) is 36.7 Å². The first-order valence-electron chi connectivity index (χ1n) is 6.58. The number of nitro groups is 1. The van der Waals surface area contributed by atoms with Gasteiger partial charge in [0.25, 0.3) is 11.6 Å². The minimum Gasteiger partial charge on any atom is -0.480 e. The van der Waals surface area contributed by atoms with Crippen LogP contribution >= 0.6 is 0 Å². The van der Waals surface area contributed by atoms with Gasteiger partial charge in [-0.2, -0.15) is 0 Å². The number of hydrogen-bond acceptors (Lipinski definition) is 4. The Bertz CT molecular complexity index is 568. The summed E-state index contributed by atoms with van der Waals surface area (Å²) in [4.78, 5) is 33.5. The molecular formula is C14H18N2O5. The lowest BCUT2D eigenvalue weighted by molar-refractivity contribution is -0.385. The van der Waals surface area contributed by atoms with Gasteiger partial charge in [-0.3, -0.25) is 14.9 Å². The van der Waals surface area contributed by atoms with E-state index >= 15 is 0 Å². The standard InChI is InChI=1S/C14H18N2O5/c1-4-9-5-6-10(7-11(9)16(20)21)13(17)15-12(8(2)3)14(18)19/h5-8,12H,4H2,1-3H3,(H,15,17)(H,18,19)/t12-/m0/s1. The Morgan fingerprint density at radius 1 is 1.38 bits per heavy atom. The lowest BCUT2D eigenvalue weighted by atomic mass is 10.0. The van der Waals surface area contributed by atoms with Crippen molar-refractivity contribution in [2.24, 2.45) is 5.92 Å². The molecule has 1 rings (SSSR count). The highest BCUT2D eigenvalue weighted by Gasteiger charge is 2.25. The van der Waals surface area contributed by atoms with Crippen molar-refractivity contribution in [3.8, 4) is 0 Å². The lowest BCUT2D eigenvalue weighted by Gasteiger charge is -2.17. The first-order chi connectivity index (χ1) is 9.77. The van der Waals surface area contributed by atoms with E-state index in [1.807, 2.05) is 0 Å². The van der Waals surface area contributed by atoms with E-state index in [9.17, 15) is 19.7 Å². The molecule has 0 unspecified atom stereocenters. The van der Waals surface area contributed by atoms with E-state index < -0.39 is 22.8 Å². The maximum atomic E-state index is 12.0. The molecule has 2 N–H and O–H groups in total. The van der Waals surface area contributed by atoms with Crippen molar-refractivity contribution in [2.75, 3.05) is 0 Å². The van der Waals surface area contributed by atoms with Gasteiger partial charge in [0.05, 0.1) is 4.92 Å². The fourth-order valence-corrected chi connectivity index (χ4v) is 1.91. The molecule has 7 heteroatoms. The van der Waals surface area contributed by atoms with E-state index in [1.165, 1.54) is 18.2 Å². The number of aliphatic carboxylic acids is 1. The Morgan fingerprint density at radius 2 is 2.00 bits per heavy atom. The van der Waals surface area contributed by atoms with Gasteiger partial charge in [0.1, 0.15) is 6.04 Å². The molecule has 0 aliphatic carbocycles. The monoisotopic (exact) mass is 294 g/mol. The zero-order valence-electron chi connectivity index (χ0n) is 12.1. The summed E-state index contributed by atoms with van der Waals surface area (Å²) in [5.74, 6) is -2.07. The number of carbonyl (C=O) groups is 2. The molecule has 0 aliphatic rings. The average molecular weight is 294 g/mol. The minimum atomic E-state index is -1.14. The quantitative estimate of drug-likeness (QED) is 0.616. The second-order valence-corrected chi connectivity index (χ2v) is 4.99. The predicted molar refractivity (Wildman–Crippen MR) is 76.2 cm³/mol. The summed E-state index contributed by atoms with van der Waals surface area (Å²) >= 11 is 0. The van der Waals surface area contributed by atoms with Gasteiger partial charge < -0.3 is 10.4 Å². The van der Waals surface area contributed by atoms with Crippen LogP contribution in [0.4, 0.5) is 5.69 Å². The molecule has 7 nitrogen and oxygen atoms in total. The van der Waals surface area contributed by atoms with Crippen LogP contribution in [0.5, 0.6) is 0 Å². The number of hydrogen-bond donors (Lipinski definition) is 2. The number of carboxylic acids is 1. The molecule has 1 aromatic carbocycles. The number of benzene rings is 1. The summed E-state index contributed by atoms with van der Waals surface area (Å²) in [6.07, 6.45) is 0.474. The molecule has 0 aliphatic heterocycles. The molecule has 0 fully saturated rings. The Hall–Kier alpha value is -2.44. The van der Waals surface area contributed by atoms with Gasteiger partial charge in [-0.25, -0.2) is 4.79 Å². The summed E-state index contributed by atoms with van der Waals surface area (Å²) in [6, 6.07) is 3.11.